The van der Waals surface area contributed by atoms with Crippen LogP contribution in [0.4, 0.5) is 0 Å². The molecule has 0 N–H and O–H groups in total. The molecular formula is C60H36N2S2. The summed E-state index contributed by atoms with van der Waals surface area (Å²) in [6.45, 7) is 0. The van der Waals surface area contributed by atoms with Gasteiger partial charge >= 0.3 is 0 Å². The molecule has 0 radical (unpaired) electrons. The Balaban J connectivity index is 1.05. The van der Waals surface area contributed by atoms with Gasteiger partial charge in [0.1, 0.15) is 0 Å². The number of fused-ring (bicyclic) bond motifs is 12. The molecule has 0 saturated heterocycles. The summed E-state index contributed by atoms with van der Waals surface area (Å²) in [5, 5.41) is 10.3. The number of aromatic nitrogens is 2. The van der Waals surface area contributed by atoms with Crippen LogP contribution in [0.25, 0.3) is 129 Å². The van der Waals surface area contributed by atoms with Gasteiger partial charge in [-0.05, 0) is 100 Å². The second kappa shape index (κ2) is 13.9. The molecule has 0 aliphatic heterocycles. The van der Waals surface area contributed by atoms with Crippen LogP contribution in [0.5, 0.6) is 0 Å². The van der Waals surface area contributed by atoms with E-state index in [0.717, 1.165) is 11.4 Å². The van der Waals surface area contributed by atoms with Crippen molar-refractivity contribution in [3.8, 4) is 44.8 Å². The number of para-hydroxylation sites is 2. The summed E-state index contributed by atoms with van der Waals surface area (Å²) < 4.78 is 10.2. The van der Waals surface area contributed by atoms with Crippen molar-refractivity contribution in [3.05, 3.63) is 218 Å². The fourth-order valence-corrected chi connectivity index (χ4v) is 13.1. The molecule has 0 amide bonds. The fourth-order valence-electron chi connectivity index (χ4n) is 10.6. The van der Waals surface area contributed by atoms with Crippen LogP contribution in [0.2, 0.25) is 0 Å². The monoisotopic (exact) mass is 848 g/mol. The maximum absolute atomic E-state index is 2.47. The van der Waals surface area contributed by atoms with Gasteiger partial charge in [-0.2, -0.15) is 0 Å². The summed E-state index contributed by atoms with van der Waals surface area (Å²) in [7, 11) is 0. The zero-order valence-corrected chi connectivity index (χ0v) is 36.1. The normalized spacial score (nSPS) is 12.1. The molecule has 0 aliphatic rings. The van der Waals surface area contributed by atoms with Gasteiger partial charge in [0.05, 0.1) is 22.1 Å². The first kappa shape index (κ1) is 35.8. The summed E-state index contributed by atoms with van der Waals surface area (Å²) in [5.74, 6) is 0. The Morgan fingerprint density at radius 2 is 0.719 bits per heavy atom. The number of nitrogens with zero attached hydrogens (tertiary/aromatic N) is 2. The van der Waals surface area contributed by atoms with Crippen LogP contribution in [0, 0.1) is 0 Å². The van der Waals surface area contributed by atoms with E-state index in [2.05, 4.69) is 228 Å². The quantitative estimate of drug-likeness (QED) is 0.163. The van der Waals surface area contributed by atoms with Crippen LogP contribution in [-0.4, -0.2) is 9.13 Å². The molecule has 0 atom stereocenters. The minimum Gasteiger partial charge on any atom is -0.309 e. The van der Waals surface area contributed by atoms with Crippen molar-refractivity contribution in [2.24, 2.45) is 0 Å². The molecule has 0 aliphatic carbocycles. The lowest BCUT2D eigenvalue weighted by molar-refractivity contribution is 1.18. The molecule has 2 nitrogen and oxygen atoms in total. The second-order valence-corrected chi connectivity index (χ2v) is 18.9. The van der Waals surface area contributed by atoms with Crippen LogP contribution in [0.15, 0.2) is 218 Å². The zero-order valence-electron chi connectivity index (χ0n) is 34.5. The lowest BCUT2D eigenvalue weighted by Crippen LogP contribution is -1.94. The van der Waals surface area contributed by atoms with Gasteiger partial charge in [0.25, 0.3) is 0 Å². The fraction of sp³-hybridized carbons (Fsp3) is 0. The summed E-state index contributed by atoms with van der Waals surface area (Å²) in [4.78, 5) is 0. The Bertz CT molecular complexity index is 4180. The van der Waals surface area contributed by atoms with Crippen molar-refractivity contribution < 1.29 is 0 Å². The lowest BCUT2D eigenvalue weighted by Gasteiger charge is -2.11. The third-order valence-corrected chi connectivity index (χ3v) is 15.8. The SMILES string of the molecule is c1ccc(-n2c3ccc(-c4cccc5c4sc4ccccc45)cc3c3c(-c4cccc5c4c4ccc(-c6cccc7c6sc6ccccc67)cc4n5-c4ccccc4)cccc32)cc1. The van der Waals surface area contributed by atoms with Gasteiger partial charge < -0.3 is 9.13 Å². The number of hydrogen-bond donors (Lipinski definition) is 0. The van der Waals surface area contributed by atoms with Gasteiger partial charge in [-0.15, -0.1) is 22.7 Å². The van der Waals surface area contributed by atoms with Gasteiger partial charge in [-0.3, -0.25) is 0 Å². The van der Waals surface area contributed by atoms with Crippen LogP contribution in [0.3, 0.4) is 0 Å². The first-order valence-corrected chi connectivity index (χ1v) is 23.5. The highest BCUT2D eigenvalue weighted by Gasteiger charge is 2.23. The third kappa shape index (κ3) is 5.18. The van der Waals surface area contributed by atoms with Crippen molar-refractivity contribution >= 4 is 107 Å². The predicted molar refractivity (Wildman–Crippen MR) is 277 cm³/mol. The average molecular weight is 849 g/mol. The average Bonchev–Trinajstić information content (AvgIpc) is 4.12. The molecule has 0 spiro atoms. The van der Waals surface area contributed by atoms with E-state index in [1.165, 1.54) is 117 Å². The number of thiophene rings is 2. The molecule has 4 heterocycles. The van der Waals surface area contributed by atoms with E-state index in [1.54, 1.807) is 0 Å². The van der Waals surface area contributed by atoms with Crippen molar-refractivity contribution in [3.63, 3.8) is 0 Å². The minimum atomic E-state index is 1.15. The van der Waals surface area contributed by atoms with Gasteiger partial charge in [-0.1, -0.05) is 152 Å². The third-order valence-electron chi connectivity index (χ3n) is 13.3. The van der Waals surface area contributed by atoms with Crippen molar-refractivity contribution in [2.45, 2.75) is 0 Å². The van der Waals surface area contributed by atoms with Crippen LogP contribution >= 0.6 is 22.7 Å². The van der Waals surface area contributed by atoms with Gasteiger partial charge in [-0.25, -0.2) is 0 Å². The molecule has 4 aromatic heterocycles. The summed E-state index contributed by atoms with van der Waals surface area (Å²) >= 11 is 3.78. The highest BCUT2D eigenvalue weighted by atomic mass is 32.1. The molecule has 64 heavy (non-hydrogen) atoms. The van der Waals surface area contributed by atoms with E-state index in [0.29, 0.717) is 0 Å². The number of rotatable bonds is 5. The highest BCUT2D eigenvalue weighted by molar-refractivity contribution is 7.26. The van der Waals surface area contributed by atoms with E-state index in [4.69, 9.17) is 0 Å². The molecule has 298 valence electrons. The van der Waals surface area contributed by atoms with Gasteiger partial charge in [0.2, 0.25) is 0 Å². The molecule has 4 heteroatoms. The second-order valence-electron chi connectivity index (χ2n) is 16.8. The Morgan fingerprint density at radius 1 is 0.266 bits per heavy atom. The molecular weight excluding hydrogens is 813 g/mol. The van der Waals surface area contributed by atoms with Crippen LogP contribution in [-0.2, 0) is 0 Å². The topological polar surface area (TPSA) is 9.86 Å². The standard InChI is InChI=1S/C60H36N2S2/c1-3-15-39(16-4-1)61-51-34-32-37(41-21-11-25-47-43-19-7-9-29-55(43)63-59(41)47)35-50(51)58-46(24-14-28-53(58)61)45-23-13-27-52-57(45)49-33-31-38(36-54(49)62(52)40-17-5-2-6-18-40)42-22-12-26-48-44-20-8-10-30-56(44)64-60(42)48/h1-36H. The molecule has 14 rings (SSSR count). The molecule has 0 saturated carbocycles. The van der Waals surface area contributed by atoms with E-state index in [-0.39, 0.29) is 0 Å². The first-order chi connectivity index (χ1) is 31.8. The van der Waals surface area contributed by atoms with Crippen molar-refractivity contribution in [1.29, 1.82) is 0 Å². The molecule has 0 bridgehead atoms. The number of benzene rings is 10. The van der Waals surface area contributed by atoms with Crippen molar-refractivity contribution in [1.82, 2.24) is 9.13 Å². The molecule has 0 fully saturated rings. The van der Waals surface area contributed by atoms with E-state index in [1.807, 2.05) is 22.7 Å². The molecule has 10 aromatic carbocycles. The maximum Gasteiger partial charge on any atom is 0.0547 e. The zero-order chi connectivity index (χ0) is 41.9. The van der Waals surface area contributed by atoms with Gasteiger partial charge in [0, 0.05) is 73.3 Å². The smallest absolute Gasteiger partial charge is 0.0547 e. The largest absolute Gasteiger partial charge is 0.309 e. The Morgan fingerprint density at radius 3 is 1.31 bits per heavy atom. The van der Waals surface area contributed by atoms with E-state index < -0.39 is 0 Å². The maximum atomic E-state index is 2.47. The molecule has 14 aromatic rings. The highest BCUT2D eigenvalue weighted by Crippen LogP contribution is 2.47. The van der Waals surface area contributed by atoms with Crippen LogP contribution in [0.1, 0.15) is 0 Å². The minimum absolute atomic E-state index is 1.15. The summed E-state index contributed by atoms with van der Waals surface area (Å²) in [6.07, 6.45) is 0. The van der Waals surface area contributed by atoms with Crippen molar-refractivity contribution in [2.75, 3.05) is 0 Å². The summed E-state index contributed by atoms with van der Waals surface area (Å²) in [6, 6.07) is 80.9. The molecule has 0 unspecified atom stereocenters. The first-order valence-electron chi connectivity index (χ1n) is 21.8. The van der Waals surface area contributed by atoms with E-state index >= 15 is 0 Å². The van der Waals surface area contributed by atoms with Gasteiger partial charge in [0.15, 0.2) is 0 Å². The Labute approximate surface area is 376 Å². The predicted octanol–water partition coefficient (Wildman–Crippen LogP) is 17.6. The Kier molecular flexibility index (Phi) is 7.76. The lowest BCUT2D eigenvalue weighted by atomic mass is 9.94. The van der Waals surface area contributed by atoms with E-state index in [9.17, 15) is 0 Å². The Hall–Kier alpha value is -7.76. The number of hydrogen-bond acceptors (Lipinski definition) is 2. The summed E-state index contributed by atoms with van der Waals surface area (Å²) in [5.41, 5.74) is 14.5. The van der Waals surface area contributed by atoms with Crippen LogP contribution < -0.4 is 0 Å².